The molecule has 0 unspecified atom stereocenters. The monoisotopic (exact) mass is 346 g/mol. The summed E-state index contributed by atoms with van der Waals surface area (Å²) < 4.78 is 0.995. The zero-order chi connectivity index (χ0) is 14.8. The van der Waals surface area contributed by atoms with Crippen LogP contribution in [0.3, 0.4) is 0 Å². The molecule has 1 heterocycles. The first-order valence-corrected chi connectivity index (χ1v) is 7.67. The largest absolute Gasteiger partial charge is 0.331 e. The molecule has 1 aliphatic rings. The van der Waals surface area contributed by atoms with Crippen molar-refractivity contribution in [2.75, 3.05) is 0 Å². The smallest absolute Gasteiger partial charge is 0.254 e. The molecule has 1 aliphatic carbocycles. The van der Waals surface area contributed by atoms with Gasteiger partial charge in [0.1, 0.15) is 0 Å². The van der Waals surface area contributed by atoms with E-state index < -0.39 is 0 Å². The van der Waals surface area contributed by atoms with Gasteiger partial charge in [-0.2, -0.15) is 0 Å². The van der Waals surface area contributed by atoms with E-state index in [4.69, 9.17) is 0 Å². The first kappa shape index (κ1) is 14.1. The molecule has 21 heavy (non-hydrogen) atoms. The fraction of sp³-hybridized carbons (Fsp3) is 0.250. The Hall–Kier alpha value is -1.88. The Morgan fingerprint density at radius 1 is 1.29 bits per heavy atom. The molecule has 0 radical (unpaired) electrons. The number of nitrogens with one attached hydrogen (secondary N) is 1. The molecule has 0 aliphatic heterocycles. The quantitative estimate of drug-likeness (QED) is 0.925. The summed E-state index contributed by atoms with van der Waals surface area (Å²) in [5, 5.41) is 0. The molecule has 0 spiro atoms. The van der Waals surface area contributed by atoms with Crippen LogP contribution in [0.4, 0.5) is 0 Å². The third-order valence-corrected chi connectivity index (χ3v) is 4.34. The molecule has 2 aromatic rings. The van der Waals surface area contributed by atoms with Crippen molar-refractivity contribution in [3.63, 3.8) is 0 Å². The van der Waals surface area contributed by atoms with E-state index in [9.17, 15) is 9.59 Å². The predicted molar refractivity (Wildman–Crippen MR) is 84.1 cm³/mol. The molecule has 1 N–H and O–H groups in total. The first-order chi connectivity index (χ1) is 10.1. The lowest BCUT2D eigenvalue weighted by molar-refractivity contribution is 0.0729. The summed E-state index contributed by atoms with van der Waals surface area (Å²) in [7, 11) is 0. The summed E-state index contributed by atoms with van der Waals surface area (Å²) in [5.74, 6) is -0.0839. The molecule has 108 valence electrons. The number of carbonyl (C=O) groups excluding carboxylic acids is 1. The molecule has 3 rings (SSSR count). The minimum atomic E-state index is -0.252. The van der Waals surface area contributed by atoms with E-state index in [2.05, 4.69) is 20.9 Å². The van der Waals surface area contributed by atoms with Gasteiger partial charge in [0.05, 0.1) is 0 Å². The number of H-pyrrole nitrogens is 1. The Labute approximate surface area is 130 Å². The van der Waals surface area contributed by atoms with Crippen LogP contribution >= 0.6 is 15.9 Å². The van der Waals surface area contributed by atoms with Gasteiger partial charge in [-0.15, -0.1) is 0 Å². The molecular formula is C16H15BrN2O2. The van der Waals surface area contributed by atoms with Crippen LogP contribution in [0.1, 0.15) is 28.8 Å². The molecule has 0 saturated heterocycles. The summed E-state index contributed by atoms with van der Waals surface area (Å²) in [6.07, 6.45) is 3.57. The normalized spacial score (nSPS) is 14.0. The van der Waals surface area contributed by atoms with Crippen LogP contribution in [0, 0.1) is 0 Å². The zero-order valence-corrected chi connectivity index (χ0v) is 13.0. The molecule has 1 saturated carbocycles. The van der Waals surface area contributed by atoms with Crippen LogP contribution in [0.15, 0.2) is 51.9 Å². The van der Waals surface area contributed by atoms with Gasteiger partial charge in [0.2, 0.25) is 5.56 Å². The molecule has 1 aromatic carbocycles. The third kappa shape index (κ3) is 3.24. The Kier molecular flexibility index (Phi) is 3.92. The van der Waals surface area contributed by atoms with Gasteiger partial charge in [-0.1, -0.05) is 34.1 Å². The topological polar surface area (TPSA) is 53.2 Å². The standard InChI is InChI=1S/C16H15BrN2O2/c17-14-4-2-1-3-12(14)10-19(13-5-6-13)16(21)11-7-8-18-15(20)9-11/h1-4,7-9,13H,5-6,10H2,(H,18,20). The summed E-state index contributed by atoms with van der Waals surface area (Å²) >= 11 is 3.52. The fourth-order valence-electron chi connectivity index (χ4n) is 2.31. The second kappa shape index (κ2) is 5.85. The lowest BCUT2D eigenvalue weighted by Crippen LogP contribution is -2.33. The maximum Gasteiger partial charge on any atom is 0.254 e. The SMILES string of the molecule is O=C(c1cc[nH]c(=O)c1)N(Cc1ccccc1Br)C1CC1. The van der Waals surface area contributed by atoms with Crippen LogP contribution in [-0.2, 0) is 6.54 Å². The Morgan fingerprint density at radius 2 is 2.05 bits per heavy atom. The van der Waals surface area contributed by atoms with Gasteiger partial charge < -0.3 is 9.88 Å². The number of aromatic amines is 1. The number of hydrogen-bond donors (Lipinski definition) is 1. The minimum Gasteiger partial charge on any atom is -0.331 e. The van der Waals surface area contributed by atoms with Crippen LogP contribution in [0.25, 0.3) is 0 Å². The number of pyridine rings is 1. The summed E-state index contributed by atoms with van der Waals surface area (Å²) in [5.41, 5.74) is 1.26. The lowest BCUT2D eigenvalue weighted by atomic mass is 10.1. The van der Waals surface area contributed by atoms with E-state index in [-0.39, 0.29) is 17.5 Å². The van der Waals surface area contributed by atoms with E-state index in [1.807, 2.05) is 29.2 Å². The number of rotatable bonds is 4. The summed E-state index contributed by atoms with van der Waals surface area (Å²) in [4.78, 5) is 28.4. The molecule has 1 amide bonds. The number of nitrogens with zero attached hydrogens (tertiary/aromatic N) is 1. The van der Waals surface area contributed by atoms with E-state index in [1.54, 1.807) is 6.07 Å². The number of halogens is 1. The van der Waals surface area contributed by atoms with E-state index in [1.165, 1.54) is 12.3 Å². The number of amides is 1. The van der Waals surface area contributed by atoms with Gasteiger partial charge in [-0.05, 0) is 30.5 Å². The molecule has 1 fully saturated rings. The average Bonchev–Trinajstić information content (AvgIpc) is 3.30. The van der Waals surface area contributed by atoms with Crippen LogP contribution in [0.2, 0.25) is 0 Å². The first-order valence-electron chi connectivity index (χ1n) is 6.88. The van der Waals surface area contributed by atoms with Crippen molar-refractivity contribution in [3.8, 4) is 0 Å². The molecule has 1 aromatic heterocycles. The van der Waals surface area contributed by atoms with Gasteiger partial charge in [0.25, 0.3) is 5.91 Å². The van der Waals surface area contributed by atoms with Crippen molar-refractivity contribution in [1.29, 1.82) is 0 Å². The van der Waals surface area contributed by atoms with Gasteiger partial charge in [-0.25, -0.2) is 0 Å². The van der Waals surface area contributed by atoms with Gasteiger partial charge >= 0.3 is 0 Å². The number of hydrogen-bond acceptors (Lipinski definition) is 2. The highest BCUT2D eigenvalue weighted by atomic mass is 79.9. The van der Waals surface area contributed by atoms with Crippen LogP contribution in [0.5, 0.6) is 0 Å². The van der Waals surface area contributed by atoms with E-state index in [0.717, 1.165) is 22.9 Å². The fourth-order valence-corrected chi connectivity index (χ4v) is 2.72. The summed E-state index contributed by atoms with van der Waals surface area (Å²) in [6, 6.07) is 11.2. The highest BCUT2D eigenvalue weighted by molar-refractivity contribution is 9.10. The van der Waals surface area contributed by atoms with Crippen molar-refractivity contribution in [1.82, 2.24) is 9.88 Å². The molecule has 0 bridgehead atoms. The number of carbonyl (C=O) groups is 1. The Morgan fingerprint density at radius 3 is 2.71 bits per heavy atom. The third-order valence-electron chi connectivity index (χ3n) is 3.57. The van der Waals surface area contributed by atoms with Crippen molar-refractivity contribution >= 4 is 21.8 Å². The molecule has 0 atom stereocenters. The van der Waals surface area contributed by atoms with Gasteiger partial charge in [0.15, 0.2) is 0 Å². The van der Waals surface area contributed by atoms with Crippen molar-refractivity contribution < 1.29 is 4.79 Å². The Balaban J connectivity index is 1.87. The lowest BCUT2D eigenvalue weighted by Gasteiger charge is -2.23. The number of benzene rings is 1. The van der Waals surface area contributed by atoms with E-state index in [0.29, 0.717) is 12.1 Å². The maximum atomic E-state index is 12.7. The zero-order valence-electron chi connectivity index (χ0n) is 11.4. The van der Waals surface area contributed by atoms with Crippen molar-refractivity contribution in [3.05, 3.63) is 68.5 Å². The molecule has 5 heteroatoms. The summed E-state index contributed by atoms with van der Waals surface area (Å²) in [6.45, 7) is 0.553. The molecular weight excluding hydrogens is 332 g/mol. The van der Waals surface area contributed by atoms with Crippen LogP contribution < -0.4 is 5.56 Å². The number of aromatic nitrogens is 1. The average molecular weight is 347 g/mol. The van der Waals surface area contributed by atoms with Gasteiger partial charge in [-0.3, -0.25) is 9.59 Å². The minimum absolute atomic E-state index is 0.0839. The highest BCUT2D eigenvalue weighted by Gasteiger charge is 2.33. The Bertz CT molecular complexity index is 722. The molecule has 4 nitrogen and oxygen atoms in total. The van der Waals surface area contributed by atoms with E-state index >= 15 is 0 Å². The second-order valence-electron chi connectivity index (χ2n) is 5.20. The van der Waals surface area contributed by atoms with Gasteiger partial charge in [0, 0.05) is 34.9 Å². The van der Waals surface area contributed by atoms with Crippen molar-refractivity contribution in [2.24, 2.45) is 0 Å². The van der Waals surface area contributed by atoms with Crippen molar-refractivity contribution in [2.45, 2.75) is 25.4 Å². The highest BCUT2D eigenvalue weighted by Crippen LogP contribution is 2.31. The van der Waals surface area contributed by atoms with Crippen LogP contribution in [-0.4, -0.2) is 21.8 Å². The second-order valence-corrected chi connectivity index (χ2v) is 6.05. The predicted octanol–water partition coefficient (Wildman–Crippen LogP) is 2.94. The maximum absolute atomic E-state index is 12.7.